The van der Waals surface area contributed by atoms with Crippen molar-refractivity contribution in [1.29, 1.82) is 0 Å². The fourth-order valence-corrected chi connectivity index (χ4v) is 2.76. The molecular formula is C18H20ClN2O+. The number of fused-ring (bicyclic) bond motifs is 2. The van der Waals surface area contributed by atoms with Crippen molar-refractivity contribution >= 4 is 39.1 Å². The molecule has 0 aliphatic heterocycles. The average molecular weight is 316 g/mol. The van der Waals surface area contributed by atoms with Crippen molar-refractivity contribution in [2.45, 2.75) is 13.8 Å². The van der Waals surface area contributed by atoms with Crippen LogP contribution in [0.5, 0.6) is 5.75 Å². The second-order valence-electron chi connectivity index (χ2n) is 5.88. The fraction of sp³-hybridized carbons (Fsp3) is 0.278. The molecule has 0 unspecified atom stereocenters. The predicted octanol–water partition coefficient (Wildman–Crippen LogP) is 4.54. The van der Waals surface area contributed by atoms with Crippen LogP contribution in [0.2, 0.25) is 5.02 Å². The molecule has 0 aliphatic rings. The minimum Gasteiger partial charge on any atom is -0.497 e. The van der Waals surface area contributed by atoms with Crippen LogP contribution in [-0.4, -0.2) is 13.7 Å². The highest BCUT2D eigenvalue weighted by Crippen LogP contribution is 2.32. The number of methoxy groups -OCH3 is 1. The molecule has 1 aromatic heterocycles. The minimum atomic E-state index is 0.562. The van der Waals surface area contributed by atoms with Crippen LogP contribution in [0.1, 0.15) is 13.8 Å². The summed E-state index contributed by atoms with van der Waals surface area (Å²) < 4.78 is 5.37. The predicted molar refractivity (Wildman–Crippen MR) is 92.9 cm³/mol. The number of halogens is 1. The summed E-state index contributed by atoms with van der Waals surface area (Å²) in [6.07, 6.45) is 0. The molecule has 0 saturated carbocycles. The standard InChI is InChI=1S/C18H19ClN2O/c1-11(2)10-20-18-14-6-4-12(19)8-17(14)21-16-7-5-13(22-3)9-15(16)18/h4-9,11H,10H2,1-3H3,(H,20,21)/p+1. The van der Waals surface area contributed by atoms with Gasteiger partial charge >= 0.3 is 0 Å². The summed E-state index contributed by atoms with van der Waals surface area (Å²) in [4.78, 5) is 3.45. The molecule has 3 rings (SSSR count). The normalized spacial score (nSPS) is 11.3. The number of hydrogen-bond acceptors (Lipinski definition) is 2. The van der Waals surface area contributed by atoms with E-state index in [9.17, 15) is 0 Å². The smallest absolute Gasteiger partial charge is 0.214 e. The van der Waals surface area contributed by atoms with Gasteiger partial charge < -0.3 is 10.1 Å². The fourth-order valence-electron chi connectivity index (χ4n) is 2.59. The summed E-state index contributed by atoms with van der Waals surface area (Å²) >= 11 is 6.14. The summed E-state index contributed by atoms with van der Waals surface area (Å²) in [5, 5.41) is 6.56. The Kier molecular flexibility index (Phi) is 4.08. The number of ether oxygens (including phenoxy) is 1. The number of anilines is 1. The molecule has 0 saturated heterocycles. The summed E-state index contributed by atoms with van der Waals surface area (Å²) in [5.74, 6) is 1.41. The quantitative estimate of drug-likeness (QED) is 0.718. The third kappa shape index (κ3) is 2.81. The maximum Gasteiger partial charge on any atom is 0.214 e. The monoisotopic (exact) mass is 315 g/mol. The van der Waals surface area contributed by atoms with E-state index in [1.54, 1.807) is 7.11 Å². The van der Waals surface area contributed by atoms with E-state index in [1.165, 1.54) is 0 Å². The lowest BCUT2D eigenvalue weighted by Gasteiger charge is -2.13. The summed E-state index contributed by atoms with van der Waals surface area (Å²) in [5.41, 5.74) is 3.20. The van der Waals surface area contributed by atoms with Crippen LogP contribution >= 0.6 is 11.6 Å². The van der Waals surface area contributed by atoms with Crippen molar-refractivity contribution < 1.29 is 9.72 Å². The van der Waals surface area contributed by atoms with Crippen molar-refractivity contribution in [3.05, 3.63) is 41.4 Å². The van der Waals surface area contributed by atoms with E-state index >= 15 is 0 Å². The largest absolute Gasteiger partial charge is 0.497 e. The van der Waals surface area contributed by atoms with Crippen LogP contribution in [-0.2, 0) is 0 Å². The molecule has 3 aromatic rings. The lowest BCUT2D eigenvalue weighted by Crippen LogP contribution is -2.13. The second kappa shape index (κ2) is 6.01. The zero-order valence-electron chi connectivity index (χ0n) is 13.0. The van der Waals surface area contributed by atoms with Gasteiger partial charge in [0.05, 0.1) is 23.6 Å². The van der Waals surface area contributed by atoms with Gasteiger partial charge in [0.1, 0.15) is 5.75 Å². The van der Waals surface area contributed by atoms with Gasteiger partial charge in [-0.15, -0.1) is 0 Å². The van der Waals surface area contributed by atoms with Gasteiger partial charge in [-0.1, -0.05) is 25.4 Å². The highest BCUT2D eigenvalue weighted by molar-refractivity contribution is 6.31. The van der Waals surface area contributed by atoms with Gasteiger partial charge in [-0.25, -0.2) is 4.98 Å². The van der Waals surface area contributed by atoms with E-state index < -0.39 is 0 Å². The number of benzene rings is 2. The molecule has 0 bridgehead atoms. The SMILES string of the molecule is COc1ccc2[nH+]c3cc(Cl)ccc3c(NCC(C)C)c2c1. The lowest BCUT2D eigenvalue weighted by atomic mass is 10.1. The molecule has 3 nitrogen and oxygen atoms in total. The van der Waals surface area contributed by atoms with Gasteiger partial charge in [0.15, 0.2) is 0 Å². The van der Waals surface area contributed by atoms with Gasteiger partial charge in [0.25, 0.3) is 0 Å². The second-order valence-corrected chi connectivity index (χ2v) is 6.31. The number of hydrogen-bond donors (Lipinski definition) is 1. The number of H-pyrrole nitrogens is 1. The summed E-state index contributed by atoms with van der Waals surface area (Å²) in [6.45, 7) is 5.31. The molecule has 0 radical (unpaired) electrons. The van der Waals surface area contributed by atoms with Crippen molar-refractivity contribution in [1.82, 2.24) is 0 Å². The molecule has 0 atom stereocenters. The Hall–Kier alpha value is -2.00. The van der Waals surface area contributed by atoms with Crippen LogP contribution in [0.3, 0.4) is 0 Å². The van der Waals surface area contributed by atoms with Crippen LogP contribution in [0.15, 0.2) is 36.4 Å². The number of nitrogens with one attached hydrogen (secondary N) is 2. The van der Waals surface area contributed by atoms with Crippen molar-refractivity contribution in [3.63, 3.8) is 0 Å². The number of rotatable bonds is 4. The first-order valence-corrected chi connectivity index (χ1v) is 7.82. The molecule has 0 fully saturated rings. The van der Waals surface area contributed by atoms with E-state index in [2.05, 4.69) is 36.3 Å². The van der Waals surface area contributed by atoms with E-state index in [0.29, 0.717) is 5.92 Å². The molecule has 0 aliphatic carbocycles. The van der Waals surface area contributed by atoms with E-state index in [0.717, 1.165) is 44.8 Å². The first kappa shape index (κ1) is 14.9. The topological polar surface area (TPSA) is 35.4 Å². The maximum absolute atomic E-state index is 6.14. The Morgan fingerprint density at radius 1 is 1.09 bits per heavy atom. The third-order valence-electron chi connectivity index (χ3n) is 3.70. The van der Waals surface area contributed by atoms with Gasteiger partial charge in [0, 0.05) is 23.7 Å². The van der Waals surface area contributed by atoms with Crippen LogP contribution in [0.4, 0.5) is 5.69 Å². The molecule has 0 spiro atoms. The Labute approximate surface area is 135 Å². The van der Waals surface area contributed by atoms with E-state index in [4.69, 9.17) is 16.3 Å². The van der Waals surface area contributed by atoms with Crippen molar-refractivity contribution in [3.8, 4) is 5.75 Å². The van der Waals surface area contributed by atoms with Gasteiger partial charge in [0.2, 0.25) is 11.0 Å². The molecule has 114 valence electrons. The zero-order chi connectivity index (χ0) is 15.7. The van der Waals surface area contributed by atoms with Gasteiger partial charge in [-0.2, -0.15) is 0 Å². The first-order chi connectivity index (χ1) is 10.6. The number of pyridine rings is 1. The Bertz CT molecular complexity index is 830. The molecule has 22 heavy (non-hydrogen) atoms. The van der Waals surface area contributed by atoms with Crippen LogP contribution in [0.25, 0.3) is 21.8 Å². The minimum absolute atomic E-state index is 0.562. The molecule has 4 heteroatoms. The van der Waals surface area contributed by atoms with Crippen LogP contribution < -0.4 is 15.0 Å². The van der Waals surface area contributed by atoms with Gasteiger partial charge in [-0.3, -0.25) is 0 Å². The zero-order valence-corrected chi connectivity index (χ0v) is 13.8. The molecule has 0 amide bonds. The third-order valence-corrected chi connectivity index (χ3v) is 3.94. The van der Waals surface area contributed by atoms with E-state index in [-0.39, 0.29) is 0 Å². The molecule has 2 N–H and O–H groups in total. The van der Waals surface area contributed by atoms with Crippen molar-refractivity contribution in [2.75, 3.05) is 19.0 Å². The molecule has 1 heterocycles. The average Bonchev–Trinajstić information content (AvgIpc) is 2.50. The highest BCUT2D eigenvalue weighted by atomic mass is 35.5. The highest BCUT2D eigenvalue weighted by Gasteiger charge is 2.15. The maximum atomic E-state index is 6.14. The van der Waals surface area contributed by atoms with Crippen molar-refractivity contribution in [2.24, 2.45) is 5.92 Å². The Morgan fingerprint density at radius 2 is 1.91 bits per heavy atom. The van der Waals surface area contributed by atoms with E-state index in [1.807, 2.05) is 24.3 Å². The Balaban J connectivity index is 2.29. The summed E-state index contributed by atoms with van der Waals surface area (Å²) in [7, 11) is 1.69. The molecule has 2 aromatic carbocycles. The number of aromatic amines is 1. The first-order valence-electron chi connectivity index (χ1n) is 7.44. The molecular weight excluding hydrogens is 296 g/mol. The summed E-state index contributed by atoms with van der Waals surface area (Å²) in [6, 6.07) is 12.0. The number of aromatic nitrogens is 1. The van der Waals surface area contributed by atoms with Gasteiger partial charge in [-0.05, 0) is 30.2 Å². The van der Waals surface area contributed by atoms with Crippen LogP contribution in [0, 0.1) is 5.92 Å². The lowest BCUT2D eigenvalue weighted by molar-refractivity contribution is -0.310. The Morgan fingerprint density at radius 3 is 2.64 bits per heavy atom.